The molecule has 0 amide bonds. The minimum absolute atomic E-state index is 0.345. The summed E-state index contributed by atoms with van der Waals surface area (Å²) in [7, 11) is 0. The molecule has 3 aromatic carbocycles. The van der Waals surface area contributed by atoms with Crippen molar-refractivity contribution in [3.8, 4) is 33.8 Å². The van der Waals surface area contributed by atoms with E-state index in [1.54, 1.807) is 52.0 Å². The number of ether oxygens (including phenoxy) is 3. The van der Waals surface area contributed by atoms with Crippen LogP contribution in [0.25, 0.3) is 22.3 Å². The van der Waals surface area contributed by atoms with Gasteiger partial charge in [-0.3, -0.25) is 4.79 Å². The van der Waals surface area contributed by atoms with Crippen molar-refractivity contribution in [2.45, 2.75) is 27.7 Å². The number of benzene rings is 3. The van der Waals surface area contributed by atoms with Gasteiger partial charge in [0.15, 0.2) is 6.61 Å². The third-order valence-corrected chi connectivity index (χ3v) is 4.98. The van der Waals surface area contributed by atoms with Crippen LogP contribution in [-0.2, 0) is 19.1 Å². The van der Waals surface area contributed by atoms with Gasteiger partial charge < -0.3 is 14.2 Å². The summed E-state index contributed by atoms with van der Waals surface area (Å²) in [5, 5.41) is 0. The molecule has 0 aliphatic heterocycles. The third kappa shape index (κ3) is 7.14. The molecule has 0 spiro atoms. The van der Waals surface area contributed by atoms with Gasteiger partial charge in [-0.1, -0.05) is 55.1 Å². The van der Waals surface area contributed by atoms with Gasteiger partial charge in [0.1, 0.15) is 11.5 Å². The molecule has 0 bridgehead atoms. The van der Waals surface area contributed by atoms with E-state index in [9.17, 15) is 14.4 Å². The van der Waals surface area contributed by atoms with Gasteiger partial charge in [0.2, 0.25) is 0 Å². The van der Waals surface area contributed by atoms with E-state index in [1.165, 1.54) is 0 Å². The van der Waals surface area contributed by atoms with Gasteiger partial charge in [-0.25, -0.2) is 9.59 Å². The highest BCUT2D eigenvalue weighted by Crippen LogP contribution is 2.27. The first kappa shape index (κ1) is 25.4. The van der Waals surface area contributed by atoms with Crippen molar-refractivity contribution >= 4 is 17.9 Å². The summed E-state index contributed by atoms with van der Waals surface area (Å²) >= 11 is 0. The van der Waals surface area contributed by atoms with Crippen LogP contribution in [0.2, 0.25) is 0 Å². The maximum atomic E-state index is 11.9. The zero-order valence-corrected chi connectivity index (χ0v) is 20.3. The van der Waals surface area contributed by atoms with Crippen LogP contribution in [-0.4, -0.2) is 24.5 Å². The summed E-state index contributed by atoms with van der Waals surface area (Å²) in [4.78, 5) is 35.3. The Morgan fingerprint density at radius 2 is 1.06 bits per heavy atom. The molecule has 0 aliphatic rings. The number of esters is 3. The molecular weight excluding hydrogens is 444 g/mol. The topological polar surface area (TPSA) is 78.9 Å². The molecule has 0 saturated heterocycles. The summed E-state index contributed by atoms with van der Waals surface area (Å²) in [6, 6.07) is 22.3. The number of hydrogen-bond acceptors (Lipinski definition) is 6. The molecule has 0 atom stereocenters. The van der Waals surface area contributed by atoms with Crippen molar-refractivity contribution in [2.75, 3.05) is 6.61 Å². The summed E-state index contributed by atoms with van der Waals surface area (Å²) in [6.07, 6.45) is 0. The standard InChI is InChI=1S/C29H28O6/c1-19(2)27(31)35-25-16-12-23(13-17-25)21-8-6-20(7-9-21)22-10-14-24(15-11-22)34-26(30)18-33-28(32)29(3,4)5/h6-17H,1,18H2,2-5H3. The van der Waals surface area contributed by atoms with Gasteiger partial charge in [-0.2, -0.15) is 0 Å². The van der Waals surface area contributed by atoms with Gasteiger partial charge in [-0.15, -0.1) is 0 Å². The fraction of sp³-hybridized carbons (Fsp3) is 0.207. The second-order valence-electron chi connectivity index (χ2n) is 9.10. The van der Waals surface area contributed by atoms with Gasteiger partial charge in [0.25, 0.3) is 0 Å². The first-order chi connectivity index (χ1) is 16.5. The highest BCUT2D eigenvalue weighted by molar-refractivity contribution is 5.88. The number of hydrogen-bond donors (Lipinski definition) is 0. The van der Waals surface area contributed by atoms with Crippen molar-refractivity contribution in [1.82, 2.24) is 0 Å². The molecule has 0 unspecified atom stereocenters. The summed E-state index contributed by atoms with van der Waals surface area (Å²) in [5.41, 5.74) is 3.62. The maximum absolute atomic E-state index is 11.9. The molecule has 3 aromatic rings. The fourth-order valence-corrected chi connectivity index (χ4v) is 2.98. The van der Waals surface area contributed by atoms with E-state index >= 15 is 0 Å². The Morgan fingerprint density at radius 1 is 0.686 bits per heavy atom. The SMILES string of the molecule is C=C(C)C(=O)Oc1ccc(-c2ccc(-c3ccc(OC(=O)COC(=O)C(C)(C)C)cc3)cc2)cc1. The van der Waals surface area contributed by atoms with E-state index in [0.717, 1.165) is 22.3 Å². The van der Waals surface area contributed by atoms with E-state index in [0.29, 0.717) is 17.1 Å². The van der Waals surface area contributed by atoms with Crippen LogP contribution in [0.3, 0.4) is 0 Å². The van der Waals surface area contributed by atoms with Crippen molar-refractivity contribution in [1.29, 1.82) is 0 Å². The van der Waals surface area contributed by atoms with E-state index < -0.39 is 29.9 Å². The van der Waals surface area contributed by atoms with Crippen LogP contribution in [0.5, 0.6) is 11.5 Å². The van der Waals surface area contributed by atoms with Crippen molar-refractivity contribution in [2.24, 2.45) is 5.41 Å². The Balaban J connectivity index is 1.59. The van der Waals surface area contributed by atoms with Gasteiger partial charge in [-0.05, 0) is 74.2 Å². The second-order valence-corrected chi connectivity index (χ2v) is 9.10. The van der Waals surface area contributed by atoms with E-state index in [1.807, 2.05) is 48.5 Å². The summed E-state index contributed by atoms with van der Waals surface area (Å²) in [6.45, 7) is 9.89. The molecule has 0 aliphatic carbocycles. The number of carbonyl (C=O) groups is 3. The van der Waals surface area contributed by atoms with Crippen LogP contribution < -0.4 is 9.47 Å². The van der Waals surface area contributed by atoms with Crippen LogP contribution in [0.15, 0.2) is 84.9 Å². The van der Waals surface area contributed by atoms with Crippen molar-refractivity contribution in [3.63, 3.8) is 0 Å². The quantitative estimate of drug-likeness (QED) is 0.239. The first-order valence-electron chi connectivity index (χ1n) is 11.1. The lowest BCUT2D eigenvalue weighted by atomic mass is 9.97. The third-order valence-electron chi connectivity index (χ3n) is 4.98. The summed E-state index contributed by atoms with van der Waals surface area (Å²) in [5.74, 6) is -0.719. The number of rotatable bonds is 7. The Hall–Kier alpha value is -4.19. The molecule has 35 heavy (non-hydrogen) atoms. The average Bonchev–Trinajstić information content (AvgIpc) is 2.83. The van der Waals surface area contributed by atoms with Gasteiger partial charge >= 0.3 is 17.9 Å². The lowest BCUT2D eigenvalue weighted by Gasteiger charge is -2.15. The Morgan fingerprint density at radius 3 is 1.43 bits per heavy atom. The van der Waals surface area contributed by atoms with Crippen LogP contribution >= 0.6 is 0 Å². The van der Waals surface area contributed by atoms with Crippen LogP contribution in [0.1, 0.15) is 27.7 Å². The molecule has 0 N–H and O–H groups in total. The molecule has 3 rings (SSSR count). The maximum Gasteiger partial charge on any atom is 0.349 e. The average molecular weight is 473 g/mol. The smallest absolute Gasteiger partial charge is 0.349 e. The van der Waals surface area contributed by atoms with E-state index in [2.05, 4.69) is 6.58 Å². The molecule has 0 radical (unpaired) electrons. The highest BCUT2D eigenvalue weighted by Gasteiger charge is 2.24. The molecule has 180 valence electrons. The van der Waals surface area contributed by atoms with Gasteiger partial charge in [0.05, 0.1) is 5.41 Å². The first-order valence-corrected chi connectivity index (χ1v) is 11.1. The predicted molar refractivity (Wildman–Crippen MR) is 134 cm³/mol. The summed E-state index contributed by atoms with van der Waals surface area (Å²) < 4.78 is 15.4. The Bertz CT molecular complexity index is 1210. The fourth-order valence-electron chi connectivity index (χ4n) is 2.98. The number of carbonyl (C=O) groups excluding carboxylic acids is 3. The highest BCUT2D eigenvalue weighted by atomic mass is 16.6. The molecule has 0 heterocycles. The normalized spacial score (nSPS) is 10.9. The molecule has 6 nitrogen and oxygen atoms in total. The van der Waals surface area contributed by atoms with Crippen LogP contribution in [0.4, 0.5) is 0 Å². The predicted octanol–water partition coefficient (Wildman–Crippen LogP) is 6.00. The lowest BCUT2D eigenvalue weighted by molar-refractivity contribution is -0.160. The molecule has 0 fully saturated rings. The Kier molecular flexibility index (Phi) is 7.87. The zero-order valence-electron chi connectivity index (χ0n) is 20.3. The zero-order chi connectivity index (χ0) is 25.6. The largest absolute Gasteiger partial charge is 0.453 e. The Labute approximate surface area is 205 Å². The minimum atomic E-state index is -0.680. The van der Waals surface area contributed by atoms with E-state index in [-0.39, 0.29) is 0 Å². The van der Waals surface area contributed by atoms with Crippen molar-refractivity contribution in [3.05, 3.63) is 84.9 Å². The molecular formula is C29H28O6. The van der Waals surface area contributed by atoms with Gasteiger partial charge in [0, 0.05) is 5.57 Å². The second kappa shape index (κ2) is 10.8. The molecule has 6 heteroatoms. The van der Waals surface area contributed by atoms with Crippen molar-refractivity contribution < 1.29 is 28.6 Å². The molecule has 0 aromatic heterocycles. The van der Waals surface area contributed by atoms with Crippen LogP contribution in [0, 0.1) is 5.41 Å². The minimum Gasteiger partial charge on any atom is -0.453 e. The van der Waals surface area contributed by atoms with E-state index in [4.69, 9.17) is 14.2 Å². The monoisotopic (exact) mass is 472 g/mol. The lowest BCUT2D eigenvalue weighted by Crippen LogP contribution is -2.27. The molecule has 0 saturated carbocycles.